The molecule has 4 heteroatoms. The number of nitrogens with one attached hydrogen (secondary N) is 2. The first kappa shape index (κ1) is 13.6. The molecule has 0 fully saturated rings. The van der Waals surface area contributed by atoms with Gasteiger partial charge in [-0.1, -0.05) is 24.3 Å². The highest BCUT2D eigenvalue weighted by molar-refractivity contribution is 7.80. The van der Waals surface area contributed by atoms with Crippen molar-refractivity contribution < 1.29 is 4.39 Å². The highest BCUT2D eigenvalue weighted by atomic mass is 32.1. The molecule has 0 aliphatic carbocycles. The van der Waals surface area contributed by atoms with Crippen molar-refractivity contribution in [1.29, 1.82) is 0 Å². The van der Waals surface area contributed by atoms with E-state index in [2.05, 4.69) is 17.2 Å². The maximum atomic E-state index is 12.8. The molecular weight excluding hydrogens is 235 g/mol. The summed E-state index contributed by atoms with van der Waals surface area (Å²) in [6, 6.07) is 6.42. The molecule has 2 nitrogen and oxygen atoms in total. The molecule has 1 aromatic rings. The minimum absolute atomic E-state index is 0.0423. The SMILES string of the molecule is C=C(C)CNC(=S)N[C@H](C)c1ccc(F)cc1. The molecule has 0 saturated carbocycles. The van der Waals surface area contributed by atoms with E-state index in [1.165, 1.54) is 12.1 Å². The van der Waals surface area contributed by atoms with Gasteiger partial charge in [-0.25, -0.2) is 4.39 Å². The van der Waals surface area contributed by atoms with Crippen LogP contribution in [0, 0.1) is 5.82 Å². The number of halogens is 1. The number of thiocarbonyl (C=S) groups is 1. The molecule has 0 spiro atoms. The van der Waals surface area contributed by atoms with Gasteiger partial charge in [-0.05, 0) is 43.8 Å². The van der Waals surface area contributed by atoms with E-state index in [1.807, 2.05) is 13.8 Å². The third-order valence-electron chi connectivity index (χ3n) is 2.27. The van der Waals surface area contributed by atoms with Crippen LogP contribution in [0.1, 0.15) is 25.5 Å². The van der Waals surface area contributed by atoms with Crippen LogP contribution in [-0.4, -0.2) is 11.7 Å². The van der Waals surface area contributed by atoms with Gasteiger partial charge in [0.1, 0.15) is 5.82 Å². The monoisotopic (exact) mass is 252 g/mol. The van der Waals surface area contributed by atoms with Gasteiger partial charge in [0, 0.05) is 6.54 Å². The van der Waals surface area contributed by atoms with Gasteiger partial charge in [-0.3, -0.25) is 0 Å². The quantitative estimate of drug-likeness (QED) is 0.636. The van der Waals surface area contributed by atoms with Crippen LogP contribution in [0.2, 0.25) is 0 Å². The Hall–Kier alpha value is -1.42. The molecule has 0 aliphatic heterocycles. The van der Waals surface area contributed by atoms with E-state index >= 15 is 0 Å². The van der Waals surface area contributed by atoms with Crippen molar-refractivity contribution in [3.63, 3.8) is 0 Å². The van der Waals surface area contributed by atoms with Gasteiger partial charge < -0.3 is 10.6 Å². The maximum Gasteiger partial charge on any atom is 0.167 e. The number of rotatable bonds is 4. The Morgan fingerprint density at radius 1 is 1.41 bits per heavy atom. The highest BCUT2D eigenvalue weighted by Gasteiger charge is 2.06. The van der Waals surface area contributed by atoms with Gasteiger partial charge in [-0.15, -0.1) is 0 Å². The summed E-state index contributed by atoms with van der Waals surface area (Å²) in [6.07, 6.45) is 0. The summed E-state index contributed by atoms with van der Waals surface area (Å²) in [7, 11) is 0. The second-order valence-electron chi connectivity index (χ2n) is 4.06. The van der Waals surface area contributed by atoms with Crippen LogP contribution < -0.4 is 10.6 Å². The van der Waals surface area contributed by atoms with Crippen LogP contribution >= 0.6 is 12.2 Å². The molecule has 0 unspecified atom stereocenters. The molecule has 0 radical (unpaired) electrons. The summed E-state index contributed by atoms with van der Waals surface area (Å²) < 4.78 is 12.8. The zero-order chi connectivity index (χ0) is 12.8. The number of benzene rings is 1. The fourth-order valence-electron chi connectivity index (χ4n) is 1.31. The van der Waals surface area contributed by atoms with Crippen molar-refractivity contribution in [2.45, 2.75) is 19.9 Å². The van der Waals surface area contributed by atoms with Crippen LogP contribution in [0.5, 0.6) is 0 Å². The van der Waals surface area contributed by atoms with Gasteiger partial charge in [0.25, 0.3) is 0 Å². The van der Waals surface area contributed by atoms with Crippen LogP contribution in [-0.2, 0) is 0 Å². The van der Waals surface area contributed by atoms with Crippen molar-refractivity contribution in [3.05, 3.63) is 47.8 Å². The first-order chi connectivity index (χ1) is 7.99. The molecular formula is C13H17FN2S. The van der Waals surface area contributed by atoms with E-state index < -0.39 is 0 Å². The predicted molar refractivity (Wildman–Crippen MR) is 73.4 cm³/mol. The highest BCUT2D eigenvalue weighted by Crippen LogP contribution is 2.12. The molecule has 1 rings (SSSR count). The zero-order valence-corrected chi connectivity index (χ0v) is 10.9. The fraction of sp³-hybridized carbons (Fsp3) is 0.308. The van der Waals surface area contributed by atoms with Gasteiger partial charge in [0.05, 0.1) is 6.04 Å². The number of hydrogen-bond donors (Lipinski definition) is 2. The normalized spacial score (nSPS) is 11.7. The van der Waals surface area contributed by atoms with Gasteiger partial charge in [-0.2, -0.15) is 0 Å². The van der Waals surface area contributed by atoms with Crippen molar-refractivity contribution in [2.24, 2.45) is 0 Å². The van der Waals surface area contributed by atoms with Crippen LogP contribution in [0.15, 0.2) is 36.4 Å². The van der Waals surface area contributed by atoms with Gasteiger partial charge in [0.15, 0.2) is 5.11 Å². The largest absolute Gasteiger partial charge is 0.359 e. The average Bonchev–Trinajstić information content (AvgIpc) is 2.27. The van der Waals surface area contributed by atoms with Crippen LogP contribution in [0.4, 0.5) is 4.39 Å². The Kier molecular flexibility index (Phi) is 5.10. The fourth-order valence-corrected chi connectivity index (χ4v) is 1.56. The smallest absolute Gasteiger partial charge is 0.167 e. The molecule has 0 aromatic heterocycles. The second kappa shape index (κ2) is 6.35. The van der Waals surface area contributed by atoms with Crippen LogP contribution in [0.25, 0.3) is 0 Å². The average molecular weight is 252 g/mol. The van der Waals surface area contributed by atoms with E-state index in [4.69, 9.17) is 12.2 Å². The molecule has 17 heavy (non-hydrogen) atoms. The van der Waals surface area contributed by atoms with E-state index in [9.17, 15) is 4.39 Å². The first-order valence-corrected chi connectivity index (χ1v) is 5.84. The summed E-state index contributed by atoms with van der Waals surface area (Å²) in [5.41, 5.74) is 2.01. The Bertz CT molecular complexity index is 400. The molecule has 1 atom stereocenters. The molecule has 0 amide bonds. The summed E-state index contributed by atoms with van der Waals surface area (Å²) in [5, 5.41) is 6.74. The Morgan fingerprint density at radius 2 is 2.00 bits per heavy atom. The Labute approximate surface area is 107 Å². The molecule has 1 aromatic carbocycles. The van der Waals surface area contributed by atoms with Crippen molar-refractivity contribution in [3.8, 4) is 0 Å². The summed E-state index contributed by atoms with van der Waals surface area (Å²) in [5.74, 6) is -0.232. The molecule has 0 aliphatic rings. The Balaban J connectivity index is 2.48. The van der Waals surface area contributed by atoms with E-state index in [0.29, 0.717) is 11.7 Å². The van der Waals surface area contributed by atoms with E-state index in [1.54, 1.807) is 12.1 Å². The number of hydrogen-bond acceptors (Lipinski definition) is 1. The topological polar surface area (TPSA) is 24.1 Å². The molecule has 2 N–H and O–H groups in total. The lowest BCUT2D eigenvalue weighted by molar-refractivity contribution is 0.624. The Morgan fingerprint density at radius 3 is 2.53 bits per heavy atom. The van der Waals surface area contributed by atoms with Gasteiger partial charge in [0.2, 0.25) is 0 Å². The summed E-state index contributed by atoms with van der Waals surface area (Å²) >= 11 is 5.14. The molecule has 0 bridgehead atoms. The predicted octanol–water partition coefficient (Wildman–Crippen LogP) is 2.93. The van der Waals surface area contributed by atoms with E-state index in [-0.39, 0.29) is 11.9 Å². The lowest BCUT2D eigenvalue weighted by atomic mass is 10.1. The third-order valence-corrected chi connectivity index (χ3v) is 2.53. The summed E-state index contributed by atoms with van der Waals surface area (Å²) in [4.78, 5) is 0. The second-order valence-corrected chi connectivity index (χ2v) is 4.47. The zero-order valence-electron chi connectivity index (χ0n) is 10.1. The van der Waals surface area contributed by atoms with E-state index in [0.717, 1.165) is 11.1 Å². The third kappa shape index (κ3) is 4.95. The molecule has 0 saturated heterocycles. The summed E-state index contributed by atoms with van der Waals surface area (Å²) in [6.45, 7) is 8.34. The van der Waals surface area contributed by atoms with Crippen molar-refractivity contribution in [1.82, 2.24) is 10.6 Å². The minimum Gasteiger partial charge on any atom is -0.359 e. The molecule has 0 heterocycles. The lowest BCUT2D eigenvalue weighted by Gasteiger charge is -2.17. The standard InChI is InChI=1S/C13H17FN2S/c1-9(2)8-15-13(17)16-10(3)11-4-6-12(14)7-5-11/h4-7,10H,1,8H2,2-3H3,(H2,15,16,17)/t10-/m1/s1. The lowest BCUT2D eigenvalue weighted by Crippen LogP contribution is -2.37. The first-order valence-electron chi connectivity index (χ1n) is 5.43. The van der Waals surface area contributed by atoms with Crippen LogP contribution in [0.3, 0.4) is 0 Å². The minimum atomic E-state index is -0.232. The van der Waals surface area contributed by atoms with Crippen molar-refractivity contribution in [2.75, 3.05) is 6.54 Å². The molecule has 92 valence electrons. The van der Waals surface area contributed by atoms with Gasteiger partial charge >= 0.3 is 0 Å². The van der Waals surface area contributed by atoms with Crippen molar-refractivity contribution >= 4 is 17.3 Å². The maximum absolute atomic E-state index is 12.8.